The predicted molar refractivity (Wildman–Crippen MR) is 121 cm³/mol. The van der Waals surface area contributed by atoms with Crippen LogP contribution in [-0.2, 0) is 12.3 Å². The Morgan fingerprint density at radius 3 is 2.57 bits per heavy atom. The molecule has 0 saturated heterocycles. The minimum Gasteiger partial charge on any atom is -0.431 e. The number of aromatic nitrogens is 2. The molecule has 30 heavy (non-hydrogen) atoms. The quantitative estimate of drug-likeness (QED) is 0.351. The molecule has 3 aromatic carbocycles. The van der Waals surface area contributed by atoms with Crippen molar-refractivity contribution < 1.29 is 9.21 Å². The smallest absolute Gasteiger partial charge is 0.257 e. The first kappa shape index (κ1) is 18.8. The fourth-order valence-electron chi connectivity index (χ4n) is 3.17. The van der Waals surface area contributed by atoms with Gasteiger partial charge in [0, 0.05) is 11.3 Å². The number of benzene rings is 3. The van der Waals surface area contributed by atoms with E-state index in [4.69, 9.17) is 4.42 Å². The lowest BCUT2D eigenvalue weighted by molar-refractivity contribution is 0.0950. The molecule has 5 aromatic rings. The van der Waals surface area contributed by atoms with Crippen LogP contribution in [0.3, 0.4) is 0 Å². The number of hydrogen-bond acceptors (Lipinski definition) is 6. The van der Waals surface area contributed by atoms with E-state index in [1.165, 1.54) is 11.8 Å². The number of rotatable bonds is 6. The van der Waals surface area contributed by atoms with Crippen molar-refractivity contribution in [3.63, 3.8) is 0 Å². The Balaban J connectivity index is 1.27. The van der Waals surface area contributed by atoms with Crippen molar-refractivity contribution in [3.05, 3.63) is 88.9 Å². The molecule has 0 aliphatic rings. The first-order valence-corrected chi connectivity index (χ1v) is 11.3. The third-order valence-electron chi connectivity index (χ3n) is 4.63. The van der Waals surface area contributed by atoms with Crippen molar-refractivity contribution in [2.45, 2.75) is 17.5 Å². The van der Waals surface area contributed by atoms with E-state index in [1.54, 1.807) is 11.3 Å². The Kier molecular flexibility index (Phi) is 5.21. The third-order valence-corrected chi connectivity index (χ3v) is 6.54. The van der Waals surface area contributed by atoms with Crippen LogP contribution in [0.4, 0.5) is 0 Å². The number of thioether (sulfide) groups is 1. The molecule has 1 amide bonds. The number of thiazole rings is 1. The largest absolute Gasteiger partial charge is 0.431 e. The standard InChI is InChI=1S/C23H17N3O2S2/c27-22(24-13-21-25-18-10-4-6-12-20(18)30-21)16-8-2-1-7-15(16)14-29-23-26-17-9-3-5-11-19(17)28-23/h1-12H,13-14H2,(H,24,27). The molecule has 148 valence electrons. The molecule has 5 rings (SSSR count). The number of amides is 1. The van der Waals surface area contributed by atoms with E-state index in [0.29, 0.717) is 23.1 Å². The lowest BCUT2D eigenvalue weighted by atomic mass is 10.1. The molecule has 0 spiro atoms. The van der Waals surface area contributed by atoms with Crippen LogP contribution in [0.2, 0.25) is 0 Å². The lowest BCUT2D eigenvalue weighted by Gasteiger charge is -2.08. The Labute approximate surface area is 181 Å². The van der Waals surface area contributed by atoms with Gasteiger partial charge in [-0.15, -0.1) is 11.3 Å². The van der Waals surface area contributed by atoms with Gasteiger partial charge in [0.2, 0.25) is 0 Å². The Morgan fingerprint density at radius 1 is 0.933 bits per heavy atom. The topological polar surface area (TPSA) is 68.0 Å². The van der Waals surface area contributed by atoms with E-state index >= 15 is 0 Å². The molecule has 0 aliphatic heterocycles. The van der Waals surface area contributed by atoms with E-state index in [0.717, 1.165) is 31.9 Å². The van der Waals surface area contributed by atoms with Gasteiger partial charge >= 0.3 is 0 Å². The molecule has 0 aliphatic carbocycles. The highest BCUT2D eigenvalue weighted by Gasteiger charge is 2.14. The molecule has 0 fully saturated rings. The van der Waals surface area contributed by atoms with Gasteiger partial charge in [0.15, 0.2) is 5.58 Å². The number of oxazole rings is 1. The Morgan fingerprint density at radius 2 is 1.70 bits per heavy atom. The maximum atomic E-state index is 12.8. The second-order valence-electron chi connectivity index (χ2n) is 6.65. The molecule has 0 saturated carbocycles. The summed E-state index contributed by atoms with van der Waals surface area (Å²) in [5, 5.41) is 4.49. The number of carbonyl (C=O) groups is 1. The fraction of sp³-hybridized carbons (Fsp3) is 0.0870. The zero-order valence-corrected chi connectivity index (χ0v) is 17.5. The van der Waals surface area contributed by atoms with Crippen molar-refractivity contribution in [1.29, 1.82) is 0 Å². The molecule has 0 bridgehead atoms. The summed E-state index contributed by atoms with van der Waals surface area (Å²) in [6.45, 7) is 0.408. The van der Waals surface area contributed by atoms with Crippen LogP contribution in [0.5, 0.6) is 0 Å². The van der Waals surface area contributed by atoms with Crippen molar-refractivity contribution in [2.24, 2.45) is 0 Å². The van der Waals surface area contributed by atoms with Crippen molar-refractivity contribution >= 4 is 50.3 Å². The van der Waals surface area contributed by atoms with E-state index in [-0.39, 0.29) is 5.91 Å². The second-order valence-corrected chi connectivity index (χ2v) is 8.69. The van der Waals surface area contributed by atoms with Crippen molar-refractivity contribution in [2.75, 3.05) is 0 Å². The van der Waals surface area contributed by atoms with Gasteiger partial charge in [0.05, 0.1) is 16.8 Å². The zero-order valence-electron chi connectivity index (χ0n) is 15.9. The van der Waals surface area contributed by atoms with E-state index < -0.39 is 0 Å². The summed E-state index contributed by atoms with van der Waals surface area (Å²) in [7, 11) is 0. The van der Waals surface area contributed by atoms with Crippen LogP contribution in [0.1, 0.15) is 20.9 Å². The fourth-order valence-corrected chi connectivity index (χ4v) is 4.92. The van der Waals surface area contributed by atoms with Gasteiger partial charge in [-0.25, -0.2) is 9.97 Å². The van der Waals surface area contributed by atoms with Gasteiger partial charge in [-0.05, 0) is 35.9 Å². The summed E-state index contributed by atoms with van der Waals surface area (Å²) >= 11 is 3.08. The summed E-state index contributed by atoms with van der Waals surface area (Å²) in [4.78, 5) is 21.9. The third kappa shape index (κ3) is 3.94. The number of carbonyl (C=O) groups excluding carboxylic acids is 1. The summed E-state index contributed by atoms with van der Waals surface area (Å²) in [6.07, 6.45) is 0. The summed E-state index contributed by atoms with van der Waals surface area (Å²) in [5.74, 6) is 0.486. The number of para-hydroxylation sites is 3. The van der Waals surface area contributed by atoms with E-state index in [1.807, 2.05) is 72.8 Å². The van der Waals surface area contributed by atoms with E-state index in [9.17, 15) is 4.79 Å². The first-order chi connectivity index (χ1) is 14.8. The van der Waals surface area contributed by atoms with Gasteiger partial charge in [0.25, 0.3) is 11.1 Å². The molecular formula is C23H17N3O2S2. The lowest BCUT2D eigenvalue weighted by Crippen LogP contribution is -2.23. The van der Waals surface area contributed by atoms with Crippen LogP contribution in [-0.4, -0.2) is 15.9 Å². The highest BCUT2D eigenvalue weighted by Crippen LogP contribution is 2.27. The van der Waals surface area contributed by atoms with Crippen molar-refractivity contribution in [1.82, 2.24) is 15.3 Å². The first-order valence-electron chi connectivity index (χ1n) is 9.45. The maximum Gasteiger partial charge on any atom is 0.257 e. The van der Waals surface area contributed by atoms with Crippen LogP contribution >= 0.6 is 23.1 Å². The number of hydrogen-bond donors (Lipinski definition) is 1. The molecule has 0 atom stereocenters. The van der Waals surface area contributed by atoms with Crippen LogP contribution in [0.15, 0.2) is 82.4 Å². The minimum atomic E-state index is -0.108. The van der Waals surface area contributed by atoms with Gasteiger partial charge < -0.3 is 9.73 Å². The highest BCUT2D eigenvalue weighted by atomic mass is 32.2. The van der Waals surface area contributed by atoms with Crippen molar-refractivity contribution in [3.8, 4) is 0 Å². The molecule has 0 unspecified atom stereocenters. The van der Waals surface area contributed by atoms with Gasteiger partial charge in [-0.2, -0.15) is 0 Å². The van der Waals surface area contributed by atoms with E-state index in [2.05, 4.69) is 15.3 Å². The average Bonchev–Trinajstić information content (AvgIpc) is 3.39. The number of nitrogens with zero attached hydrogens (tertiary/aromatic N) is 2. The molecule has 7 heteroatoms. The molecule has 0 radical (unpaired) electrons. The molecule has 2 aromatic heterocycles. The van der Waals surface area contributed by atoms with Gasteiger partial charge in [-0.3, -0.25) is 4.79 Å². The molecule has 1 N–H and O–H groups in total. The highest BCUT2D eigenvalue weighted by molar-refractivity contribution is 7.98. The normalized spacial score (nSPS) is 11.2. The Hall–Kier alpha value is -3.16. The maximum absolute atomic E-state index is 12.8. The van der Waals surface area contributed by atoms with Crippen LogP contribution < -0.4 is 5.32 Å². The minimum absolute atomic E-state index is 0.108. The molecular weight excluding hydrogens is 414 g/mol. The number of fused-ring (bicyclic) bond motifs is 2. The summed E-state index contributed by atoms with van der Waals surface area (Å²) in [6, 6.07) is 23.3. The van der Waals surface area contributed by atoms with Gasteiger partial charge in [0.1, 0.15) is 10.5 Å². The zero-order chi connectivity index (χ0) is 20.3. The predicted octanol–water partition coefficient (Wildman–Crippen LogP) is 5.66. The second kappa shape index (κ2) is 8.30. The summed E-state index contributed by atoms with van der Waals surface area (Å²) < 4.78 is 6.89. The Bertz CT molecular complexity index is 1280. The monoisotopic (exact) mass is 431 g/mol. The molecule has 2 heterocycles. The average molecular weight is 432 g/mol. The van der Waals surface area contributed by atoms with Crippen LogP contribution in [0.25, 0.3) is 21.3 Å². The van der Waals surface area contributed by atoms with Gasteiger partial charge in [-0.1, -0.05) is 54.2 Å². The number of nitrogens with one attached hydrogen (secondary N) is 1. The SMILES string of the molecule is O=C(NCc1nc2ccccc2s1)c1ccccc1CSc1nc2ccccc2o1. The molecule has 5 nitrogen and oxygen atoms in total. The summed E-state index contributed by atoms with van der Waals surface area (Å²) in [5.41, 5.74) is 4.15. The van der Waals surface area contributed by atoms with Crippen LogP contribution in [0, 0.1) is 0 Å².